The van der Waals surface area contributed by atoms with Crippen LogP contribution in [0, 0.1) is 3.57 Å². The summed E-state index contributed by atoms with van der Waals surface area (Å²) in [5.74, 6) is 0.664. The molecule has 3 rings (SSSR count). The first-order valence-electron chi connectivity index (χ1n) is 12.3. The van der Waals surface area contributed by atoms with Crippen molar-refractivity contribution in [3.05, 3.63) is 88.0 Å². The minimum Gasteiger partial charge on any atom is -0.491 e. The average molecular weight is 648 g/mol. The Labute approximate surface area is 243 Å². The fraction of sp³-hybridized carbons (Fsp3) is 0.310. The molecule has 1 atom stereocenters. The first kappa shape index (κ1) is 29.7. The number of nitrogens with one attached hydrogen (secondary N) is 2. The molecule has 0 aliphatic rings. The molecule has 0 radical (unpaired) electrons. The summed E-state index contributed by atoms with van der Waals surface area (Å²) >= 11 is 7.68. The Morgan fingerprint density at radius 2 is 1.55 bits per heavy atom. The van der Waals surface area contributed by atoms with Gasteiger partial charge in [0.25, 0.3) is 0 Å². The molecule has 1 amide bonds. The maximum absolute atomic E-state index is 12.9. The van der Waals surface area contributed by atoms with Gasteiger partial charge in [0, 0.05) is 21.5 Å². The van der Waals surface area contributed by atoms with Crippen LogP contribution >= 0.6 is 34.8 Å². The van der Waals surface area contributed by atoms with E-state index in [0.29, 0.717) is 23.8 Å². The van der Waals surface area contributed by atoms with Crippen LogP contribution in [0.2, 0.25) is 0 Å². The largest absolute Gasteiger partial charge is 0.491 e. The third kappa shape index (κ3) is 10.8. The monoisotopic (exact) mass is 647 g/mol. The van der Waals surface area contributed by atoms with Crippen molar-refractivity contribution in [2.75, 3.05) is 30.3 Å². The molecule has 9 heteroatoms. The molecule has 0 aliphatic heterocycles. The fourth-order valence-electron chi connectivity index (χ4n) is 3.45. The van der Waals surface area contributed by atoms with E-state index in [4.69, 9.17) is 21.7 Å². The van der Waals surface area contributed by atoms with Gasteiger partial charge in [0.05, 0.1) is 6.54 Å². The second-order valence-electron chi connectivity index (χ2n) is 9.74. The van der Waals surface area contributed by atoms with Gasteiger partial charge in [-0.1, -0.05) is 30.3 Å². The minimum absolute atomic E-state index is 0.0693. The van der Waals surface area contributed by atoms with Crippen LogP contribution in [0.1, 0.15) is 26.3 Å². The molecule has 38 heavy (non-hydrogen) atoms. The Morgan fingerprint density at radius 1 is 0.974 bits per heavy atom. The van der Waals surface area contributed by atoms with Gasteiger partial charge < -0.3 is 30.1 Å². The molecule has 0 unspecified atom stereocenters. The van der Waals surface area contributed by atoms with Crippen LogP contribution in [0.25, 0.3) is 0 Å². The van der Waals surface area contributed by atoms with E-state index in [2.05, 4.69) is 33.2 Å². The maximum atomic E-state index is 12.9. The standard InChI is InChI=1S/C29H34IN3O4S/c1-29(2,3)37-28(35)33(19-25(34)20-36-26-7-5-4-6-8-26)18-17-21-9-13-23(14-10-21)31-27(38)32-24-15-11-22(30)12-16-24/h4-16,25,34H,17-20H2,1-3H3,(H2,31,32,38)/t25-/m0/s1. The first-order chi connectivity index (χ1) is 18.1. The van der Waals surface area contributed by atoms with E-state index in [0.717, 1.165) is 20.5 Å². The Bertz CT molecular complexity index is 1170. The number of benzene rings is 3. The highest BCUT2D eigenvalue weighted by Crippen LogP contribution is 2.16. The van der Waals surface area contributed by atoms with Crippen molar-refractivity contribution in [2.45, 2.75) is 38.9 Å². The molecule has 0 fully saturated rings. The second-order valence-corrected chi connectivity index (χ2v) is 11.4. The number of amides is 1. The molecule has 3 N–H and O–H groups in total. The van der Waals surface area contributed by atoms with Gasteiger partial charge in [-0.25, -0.2) is 4.79 Å². The molecule has 0 bridgehead atoms. The van der Waals surface area contributed by atoms with Gasteiger partial charge in [-0.05, 0) is 116 Å². The van der Waals surface area contributed by atoms with Gasteiger partial charge in [0.15, 0.2) is 5.11 Å². The number of nitrogens with zero attached hydrogens (tertiary/aromatic N) is 1. The Balaban J connectivity index is 1.54. The van der Waals surface area contributed by atoms with Crippen molar-refractivity contribution in [3.63, 3.8) is 0 Å². The van der Waals surface area contributed by atoms with E-state index in [9.17, 15) is 9.90 Å². The van der Waals surface area contributed by atoms with Crippen molar-refractivity contribution in [2.24, 2.45) is 0 Å². The highest BCUT2D eigenvalue weighted by molar-refractivity contribution is 14.1. The van der Waals surface area contributed by atoms with Gasteiger partial charge in [-0.2, -0.15) is 0 Å². The number of aliphatic hydroxyl groups excluding tert-OH is 1. The summed E-state index contributed by atoms with van der Waals surface area (Å²) in [5, 5.41) is 17.4. The van der Waals surface area contributed by atoms with Crippen molar-refractivity contribution in [1.82, 2.24) is 4.90 Å². The molecule has 0 aromatic heterocycles. The smallest absolute Gasteiger partial charge is 0.410 e. The number of thiocarbonyl (C=S) groups is 1. The normalized spacial score (nSPS) is 11.8. The maximum Gasteiger partial charge on any atom is 0.410 e. The predicted octanol–water partition coefficient (Wildman–Crippen LogP) is 6.32. The third-order valence-corrected chi connectivity index (χ3v) is 6.18. The molecular weight excluding hydrogens is 613 g/mol. The number of halogens is 1. The van der Waals surface area contributed by atoms with E-state index >= 15 is 0 Å². The fourth-order valence-corrected chi connectivity index (χ4v) is 4.04. The van der Waals surface area contributed by atoms with Gasteiger partial charge in [0.2, 0.25) is 0 Å². The average Bonchev–Trinajstić information content (AvgIpc) is 2.87. The van der Waals surface area contributed by atoms with Crippen LogP contribution in [0.4, 0.5) is 16.2 Å². The number of aliphatic hydroxyl groups is 1. The van der Waals surface area contributed by atoms with Crippen LogP contribution in [-0.4, -0.2) is 52.6 Å². The SMILES string of the molecule is CC(C)(C)OC(=O)N(CCc1ccc(NC(=S)Nc2ccc(I)cc2)cc1)C[C@H](O)COc1ccccc1. The zero-order valence-corrected chi connectivity index (χ0v) is 24.8. The lowest BCUT2D eigenvalue weighted by atomic mass is 10.1. The van der Waals surface area contributed by atoms with Crippen molar-refractivity contribution < 1.29 is 19.4 Å². The molecule has 0 aliphatic carbocycles. The molecule has 0 saturated carbocycles. The van der Waals surface area contributed by atoms with E-state index in [1.54, 1.807) is 0 Å². The van der Waals surface area contributed by atoms with E-state index in [1.807, 2.05) is 99.6 Å². The summed E-state index contributed by atoms with van der Waals surface area (Å²) in [6.45, 7) is 6.02. The highest BCUT2D eigenvalue weighted by Gasteiger charge is 2.24. The summed E-state index contributed by atoms with van der Waals surface area (Å²) in [6.07, 6.45) is -0.741. The molecular formula is C29H34IN3O4S. The van der Waals surface area contributed by atoms with Crippen LogP contribution < -0.4 is 15.4 Å². The molecule has 0 saturated heterocycles. The lowest BCUT2D eigenvalue weighted by Crippen LogP contribution is -2.43. The Hall–Kier alpha value is -2.89. The van der Waals surface area contributed by atoms with Gasteiger partial charge >= 0.3 is 6.09 Å². The number of para-hydroxylation sites is 1. The lowest BCUT2D eigenvalue weighted by Gasteiger charge is -2.29. The number of anilines is 2. The molecule has 0 spiro atoms. The number of hydrogen-bond donors (Lipinski definition) is 3. The lowest BCUT2D eigenvalue weighted by molar-refractivity contribution is 0.00945. The Kier molecular flexibility index (Phi) is 11.2. The summed E-state index contributed by atoms with van der Waals surface area (Å²) in [4.78, 5) is 14.4. The zero-order chi connectivity index (χ0) is 27.5. The van der Waals surface area contributed by atoms with Crippen LogP contribution in [0.3, 0.4) is 0 Å². The third-order valence-electron chi connectivity index (χ3n) is 5.25. The molecule has 3 aromatic rings. The van der Waals surface area contributed by atoms with Crippen LogP contribution in [0.5, 0.6) is 5.75 Å². The second kappa shape index (κ2) is 14.3. The molecule has 3 aromatic carbocycles. The molecule has 0 heterocycles. The van der Waals surface area contributed by atoms with Gasteiger partial charge in [-0.15, -0.1) is 0 Å². The minimum atomic E-state index is -0.865. The molecule has 7 nitrogen and oxygen atoms in total. The highest BCUT2D eigenvalue weighted by atomic mass is 127. The zero-order valence-electron chi connectivity index (χ0n) is 21.8. The van der Waals surface area contributed by atoms with Crippen molar-refractivity contribution in [3.8, 4) is 5.75 Å². The summed E-state index contributed by atoms with van der Waals surface area (Å²) in [6, 6.07) is 25.1. The number of carbonyl (C=O) groups is 1. The van der Waals surface area contributed by atoms with Gasteiger partial charge in [0.1, 0.15) is 24.1 Å². The number of hydrogen-bond acceptors (Lipinski definition) is 5. The Morgan fingerprint density at radius 3 is 2.13 bits per heavy atom. The summed E-state index contributed by atoms with van der Waals surface area (Å²) < 4.78 is 12.4. The van der Waals surface area contributed by atoms with Crippen LogP contribution in [-0.2, 0) is 11.2 Å². The van der Waals surface area contributed by atoms with Gasteiger partial charge in [-0.3, -0.25) is 0 Å². The topological polar surface area (TPSA) is 83.1 Å². The number of ether oxygens (including phenoxy) is 2. The van der Waals surface area contributed by atoms with Crippen LogP contribution in [0.15, 0.2) is 78.9 Å². The van der Waals surface area contributed by atoms with E-state index in [1.165, 1.54) is 4.90 Å². The van der Waals surface area contributed by atoms with E-state index < -0.39 is 17.8 Å². The van der Waals surface area contributed by atoms with Crippen molar-refractivity contribution >= 4 is 57.4 Å². The predicted molar refractivity (Wildman–Crippen MR) is 165 cm³/mol. The van der Waals surface area contributed by atoms with Crippen molar-refractivity contribution in [1.29, 1.82) is 0 Å². The molecule has 202 valence electrons. The first-order valence-corrected chi connectivity index (χ1v) is 13.8. The number of carbonyl (C=O) groups excluding carboxylic acids is 1. The number of rotatable bonds is 10. The van der Waals surface area contributed by atoms with E-state index in [-0.39, 0.29) is 13.2 Å². The quantitative estimate of drug-likeness (QED) is 0.176. The summed E-state index contributed by atoms with van der Waals surface area (Å²) in [7, 11) is 0. The summed E-state index contributed by atoms with van der Waals surface area (Å²) in [5.41, 5.74) is 2.17.